The van der Waals surface area contributed by atoms with Crippen molar-refractivity contribution in [2.75, 3.05) is 0 Å². The Kier molecular flexibility index (Phi) is 16.3. The van der Waals surface area contributed by atoms with Crippen molar-refractivity contribution >= 4 is 5.78 Å². The predicted octanol–water partition coefficient (Wildman–Crippen LogP) is 6.48. The van der Waals surface area contributed by atoms with Crippen LogP contribution in [0.1, 0.15) is 117 Å². The van der Waals surface area contributed by atoms with Crippen LogP contribution in [0.3, 0.4) is 0 Å². The van der Waals surface area contributed by atoms with E-state index in [2.05, 4.69) is 6.92 Å². The van der Waals surface area contributed by atoms with E-state index in [4.69, 9.17) is 0 Å². The highest BCUT2D eigenvalue weighted by Gasteiger charge is 2.25. The third-order valence-electron chi connectivity index (χ3n) is 4.79. The summed E-state index contributed by atoms with van der Waals surface area (Å²) < 4.78 is 0. The van der Waals surface area contributed by atoms with Crippen LogP contribution < -0.4 is 0 Å². The van der Waals surface area contributed by atoms with E-state index >= 15 is 0 Å². The SMILES string of the molecule is CCCCCCCCCCCCCCCCC(=O)C(CC)[N+](=O)[O-]. The minimum absolute atomic E-state index is 0.193. The molecule has 0 aliphatic heterocycles. The van der Waals surface area contributed by atoms with Crippen molar-refractivity contribution in [2.24, 2.45) is 0 Å². The number of rotatable bonds is 18. The van der Waals surface area contributed by atoms with E-state index in [1.165, 1.54) is 70.6 Å². The van der Waals surface area contributed by atoms with E-state index < -0.39 is 11.0 Å². The first-order valence-electron chi connectivity index (χ1n) is 10.3. The number of Topliss-reactive ketones (excluding diaryl/α,β-unsaturated/α-hetero) is 1. The van der Waals surface area contributed by atoms with Crippen molar-refractivity contribution in [3.63, 3.8) is 0 Å². The van der Waals surface area contributed by atoms with Crippen LogP contribution >= 0.6 is 0 Å². The maximum Gasteiger partial charge on any atom is 0.270 e. The molecule has 0 aliphatic carbocycles. The lowest BCUT2D eigenvalue weighted by Crippen LogP contribution is -2.28. The second kappa shape index (κ2) is 16.9. The Balaban J connectivity index is 3.28. The van der Waals surface area contributed by atoms with Crippen LogP contribution in [0.15, 0.2) is 0 Å². The molecule has 0 bridgehead atoms. The molecular weight excluding hydrogens is 302 g/mol. The maximum atomic E-state index is 11.7. The third-order valence-corrected chi connectivity index (χ3v) is 4.79. The Morgan fingerprint density at radius 3 is 1.46 bits per heavy atom. The van der Waals surface area contributed by atoms with Gasteiger partial charge in [0.1, 0.15) is 0 Å². The number of nitrogens with zero attached hydrogens (tertiary/aromatic N) is 1. The van der Waals surface area contributed by atoms with Gasteiger partial charge in [-0.3, -0.25) is 14.9 Å². The number of hydrogen-bond donors (Lipinski definition) is 0. The van der Waals surface area contributed by atoms with Crippen molar-refractivity contribution in [1.82, 2.24) is 0 Å². The van der Waals surface area contributed by atoms with Gasteiger partial charge in [0.15, 0.2) is 0 Å². The maximum absolute atomic E-state index is 11.7. The highest BCUT2D eigenvalue weighted by atomic mass is 16.6. The molecule has 0 spiro atoms. The van der Waals surface area contributed by atoms with Gasteiger partial charge in [-0.05, 0) is 6.42 Å². The van der Waals surface area contributed by atoms with Crippen molar-refractivity contribution in [2.45, 2.75) is 123 Å². The van der Waals surface area contributed by atoms with Gasteiger partial charge in [-0.25, -0.2) is 0 Å². The zero-order valence-corrected chi connectivity index (χ0v) is 16.1. The molecule has 0 fully saturated rings. The summed E-state index contributed by atoms with van der Waals surface area (Å²) in [4.78, 5) is 22.0. The van der Waals surface area contributed by atoms with Crippen LogP contribution in [0.5, 0.6) is 0 Å². The van der Waals surface area contributed by atoms with Crippen molar-refractivity contribution in [3.8, 4) is 0 Å². The fourth-order valence-corrected chi connectivity index (χ4v) is 3.15. The minimum atomic E-state index is -0.980. The second-order valence-electron chi connectivity index (χ2n) is 7.02. The van der Waals surface area contributed by atoms with Gasteiger partial charge >= 0.3 is 0 Å². The topological polar surface area (TPSA) is 60.2 Å². The van der Waals surface area contributed by atoms with E-state index in [0.717, 1.165) is 19.3 Å². The lowest BCUT2D eigenvalue weighted by atomic mass is 10.0. The van der Waals surface area contributed by atoms with E-state index in [0.29, 0.717) is 12.8 Å². The summed E-state index contributed by atoms with van der Waals surface area (Å²) in [5.41, 5.74) is 0. The first kappa shape index (κ1) is 23.1. The molecule has 1 atom stereocenters. The van der Waals surface area contributed by atoms with Crippen LogP contribution in [0, 0.1) is 10.1 Å². The Morgan fingerprint density at radius 2 is 1.12 bits per heavy atom. The molecule has 0 heterocycles. The summed E-state index contributed by atoms with van der Waals surface area (Å²) in [6.45, 7) is 3.96. The number of carbonyl (C=O) groups excluding carboxylic acids is 1. The molecule has 0 aromatic carbocycles. The zero-order chi connectivity index (χ0) is 18.0. The van der Waals surface area contributed by atoms with Crippen LogP contribution in [0.4, 0.5) is 0 Å². The molecule has 0 N–H and O–H groups in total. The van der Waals surface area contributed by atoms with Gasteiger partial charge in [-0.15, -0.1) is 0 Å². The van der Waals surface area contributed by atoms with Crippen LogP contribution in [0.2, 0.25) is 0 Å². The quantitative estimate of drug-likeness (QED) is 0.163. The average molecular weight is 342 g/mol. The fourth-order valence-electron chi connectivity index (χ4n) is 3.15. The first-order chi connectivity index (χ1) is 11.6. The molecule has 1 unspecified atom stereocenters. The second-order valence-corrected chi connectivity index (χ2v) is 7.02. The molecule has 0 aromatic rings. The molecule has 0 saturated carbocycles. The summed E-state index contributed by atoms with van der Waals surface area (Å²) in [6.07, 6.45) is 18.5. The highest BCUT2D eigenvalue weighted by molar-refractivity contribution is 5.82. The summed E-state index contributed by atoms with van der Waals surface area (Å²) in [5.74, 6) is -0.193. The largest absolute Gasteiger partial charge is 0.292 e. The summed E-state index contributed by atoms with van der Waals surface area (Å²) in [5, 5.41) is 10.7. The van der Waals surface area contributed by atoms with Crippen molar-refractivity contribution < 1.29 is 9.72 Å². The Labute approximate surface area is 148 Å². The molecule has 0 aliphatic rings. The fraction of sp³-hybridized carbons (Fsp3) is 0.950. The number of unbranched alkanes of at least 4 members (excludes halogenated alkanes) is 13. The van der Waals surface area contributed by atoms with Gasteiger partial charge in [0.2, 0.25) is 5.78 Å². The highest BCUT2D eigenvalue weighted by Crippen LogP contribution is 2.14. The van der Waals surface area contributed by atoms with E-state index in [9.17, 15) is 14.9 Å². The van der Waals surface area contributed by atoms with Crippen LogP contribution in [-0.4, -0.2) is 16.7 Å². The van der Waals surface area contributed by atoms with Gasteiger partial charge in [0.25, 0.3) is 6.04 Å². The molecular formula is C20H39NO3. The summed E-state index contributed by atoms with van der Waals surface area (Å²) in [7, 11) is 0. The molecule has 142 valence electrons. The van der Waals surface area contributed by atoms with Crippen molar-refractivity contribution in [1.29, 1.82) is 0 Å². The van der Waals surface area contributed by atoms with Gasteiger partial charge in [-0.2, -0.15) is 0 Å². The Hall–Kier alpha value is -0.930. The molecule has 4 nitrogen and oxygen atoms in total. The average Bonchev–Trinajstić information content (AvgIpc) is 2.55. The third kappa shape index (κ3) is 13.5. The molecule has 0 radical (unpaired) electrons. The van der Waals surface area contributed by atoms with Gasteiger partial charge in [0, 0.05) is 17.8 Å². The van der Waals surface area contributed by atoms with E-state index in [1.54, 1.807) is 6.92 Å². The summed E-state index contributed by atoms with van der Waals surface area (Å²) in [6, 6.07) is -0.980. The molecule has 24 heavy (non-hydrogen) atoms. The van der Waals surface area contributed by atoms with Crippen LogP contribution in [-0.2, 0) is 4.79 Å². The lowest BCUT2D eigenvalue weighted by molar-refractivity contribution is -0.507. The van der Waals surface area contributed by atoms with Gasteiger partial charge < -0.3 is 0 Å². The predicted molar refractivity (Wildman–Crippen MR) is 101 cm³/mol. The number of ketones is 1. The normalized spacial score (nSPS) is 12.2. The Morgan fingerprint density at radius 1 is 0.750 bits per heavy atom. The lowest BCUT2D eigenvalue weighted by Gasteiger charge is -2.06. The van der Waals surface area contributed by atoms with Crippen LogP contribution in [0.25, 0.3) is 0 Å². The molecule has 0 amide bonds. The summed E-state index contributed by atoms with van der Waals surface area (Å²) >= 11 is 0. The standard InChI is InChI=1S/C20H39NO3/c1-3-5-6-7-8-9-10-11-12-13-14-15-16-17-18-20(22)19(4-2)21(23)24/h19H,3-18H2,1-2H3. The molecule has 4 heteroatoms. The van der Waals surface area contributed by atoms with E-state index in [1.807, 2.05) is 0 Å². The smallest absolute Gasteiger partial charge is 0.270 e. The monoisotopic (exact) mass is 341 g/mol. The Bertz CT molecular complexity index is 318. The number of hydrogen-bond acceptors (Lipinski definition) is 3. The number of carbonyl (C=O) groups is 1. The van der Waals surface area contributed by atoms with Crippen molar-refractivity contribution in [3.05, 3.63) is 10.1 Å². The molecule has 0 saturated heterocycles. The molecule has 0 rings (SSSR count). The number of nitro groups is 1. The van der Waals surface area contributed by atoms with Gasteiger partial charge in [-0.1, -0.05) is 97.3 Å². The van der Waals surface area contributed by atoms with E-state index in [-0.39, 0.29) is 5.78 Å². The first-order valence-corrected chi connectivity index (χ1v) is 10.3. The molecule has 0 aromatic heterocycles. The zero-order valence-electron chi connectivity index (χ0n) is 16.1. The minimum Gasteiger partial charge on any atom is -0.292 e. The van der Waals surface area contributed by atoms with Gasteiger partial charge in [0.05, 0.1) is 0 Å².